The average molecular weight is 519 g/mol. The number of nitrogens with zero attached hydrogens (tertiary/aromatic N) is 2. The van der Waals surface area contributed by atoms with Crippen LogP contribution in [0.2, 0.25) is 0 Å². The first kappa shape index (κ1) is 23.7. The molecule has 0 saturated carbocycles. The number of carbonyl (C=O) groups excluding carboxylic acids is 2. The van der Waals surface area contributed by atoms with E-state index in [-0.39, 0.29) is 18.2 Å². The number of amides is 2. The number of aliphatic imine (C=N–C) groups is 1. The molecular weight excluding hydrogens is 492 g/mol. The third-order valence-corrected chi connectivity index (χ3v) is 6.24. The van der Waals surface area contributed by atoms with Crippen LogP contribution < -0.4 is 15.5 Å². The second-order valence-electron chi connectivity index (χ2n) is 8.36. The zero-order valence-corrected chi connectivity index (χ0v) is 20.7. The number of benzene rings is 3. The van der Waals surface area contributed by atoms with Gasteiger partial charge in [0.2, 0.25) is 11.8 Å². The molecule has 2 amide bonds. The first-order chi connectivity index (χ1) is 16.4. The van der Waals surface area contributed by atoms with Gasteiger partial charge in [-0.2, -0.15) is 0 Å². The number of carbonyl (C=O) groups is 2. The van der Waals surface area contributed by atoms with Crippen LogP contribution >= 0.6 is 15.9 Å². The van der Waals surface area contributed by atoms with Crippen LogP contribution in [-0.2, 0) is 16.0 Å². The maximum atomic E-state index is 13.0. The second-order valence-corrected chi connectivity index (χ2v) is 9.27. The van der Waals surface area contributed by atoms with Crippen molar-refractivity contribution in [2.45, 2.75) is 25.6 Å². The molecule has 0 bridgehead atoms. The summed E-state index contributed by atoms with van der Waals surface area (Å²) in [6.45, 7) is 2.20. The number of halogens is 1. The summed E-state index contributed by atoms with van der Waals surface area (Å²) in [5, 5.41) is 5.81. The molecule has 0 aromatic heterocycles. The fourth-order valence-electron chi connectivity index (χ4n) is 3.97. The zero-order valence-electron chi connectivity index (χ0n) is 19.2. The van der Waals surface area contributed by atoms with Crippen LogP contribution in [0.5, 0.6) is 0 Å². The summed E-state index contributed by atoms with van der Waals surface area (Å²) in [6, 6.07) is 24.9. The molecule has 2 N–H and O–H groups in total. The van der Waals surface area contributed by atoms with Crippen molar-refractivity contribution < 1.29 is 9.59 Å². The van der Waals surface area contributed by atoms with Crippen LogP contribution in [0.1, 0.15) is 23.6 Å². The summed E-state index contributed by atoms with van der Waals surface area (Å²) in [6.07, 6.45) is -0.256. The number of hydrogen-bond acceptors (Lipinski definition) is 4. The minimum atomic E-state index is -0.686. The fourth-order valence-corrected chi connectivity index (χ4v) is 4.23. The van der Waals surface area contributed by atoms with E-state index in [0.717, 1.165) is 32.6 Å². The highest BCUT2D eigenvalue weighted by Crippen LogP contribution is 2.26. The second kappa shape index (κ2) is 10.7. The van der Waals surface area contributed by atoms with Crippen molar-refractivity contribution in [3.05, 3.63) is 100 Å². The first-order valence-electron chi connectivity index (χ1n) is 11.2. The number of rotatable bonds is 6. The largest absolute Gasteiger partial charge is 0.370 e. The van der Waals surface area contributed by atoms with Crippen LogP contribution in [-0.4, -0.2) is 43.3 Å². The number of anilines is 1. The quantitative estimate of drug-likeness (QED) is 0.519. The zero-order chi connectivity index (χ0) is 24.1. The number of para-hydroxylation sites is 1. The lowest BCUT2D eigenvalue weighted by molar-refractivity contribution is -0.128. The highest BCUT2D eigenvalue weighted by molar-refractivity contribution is 9.10. The molecule has 1 aliphatic heterocycles. The van der Waals surface area contributed by atoms with Gasteiger partial charge in [-0.15, -0.1) is 0 Å². The van der Waals surface area contributed by atoms with Crippen molar-refractivity contribution in [3.63, 3.8) is 0 Å². The Hall–Kier alpha value is -3.45. The smallest absolute Gasteiger partial charge is 0.243 e. The molecular formula is C27H27BrN4O2. The van der Waals surface area contributed by atoms with E-state index in [1.54, 1.807) is 6.92 Å². The monoisotopic (exact) mass is 518 g/mol. The molecule has 0 radical (unpaired) electrons. The van der Waals surface area contributed by atoms with E-state index in [2.05, 4.69) is 37.5 Å². The molecule has 3 aromatic carbocycles. The van der Waals surface area contributed by atoms with Crippen molar-refractivity contribution in [1.82, 2.24) is 10.6 Å². The summed E-state index contributed by atoms with van der Waals surface area (Å²) in [4.78, 5) is 32.5. The Morgan fingerprint density at radius 1 is 1.03 bits per heavy atom. The van der Waals surface area contributed by atoms with Crippen LogP contribution in [0, 0.1) is 0 Å². The Morgan fingerprint density at radius 2 is 1.71 bits per heavy atom. The molecule has 0 aliphatic carbocycles. The molecule has 1 heterocycles. The molecule has 174 valence electrons. The van der Waals surface area contributed by atoms with Crippen molar-refractivity contribution in [2.75, 3.05) is 18.5 Å². The minimum Gasteiger partial charge on any atom is -0.370 e. The van der Waals surface area contributed by atoms with E-state index in [1.807, 2.05) is 79.8 Å². The van der Waals surface area contributed by atoms with E-state index >= 15 is 0 Å². The van der Waals surface area contributed by atoms with Gasteiger partial charge in [0.15, 0.2) is 0 Å². The lowest BCUT2D eigenvalue weighted by Crippen LogP contribution is -2.50. The van der Waals surface area contributed by atoms with Crippen molar-refractivity contribution in [3.8, 4) is 0 Å². The van der Waals surface area contributed by atoms with Crippen LogP contribution in [0.25, 0.3) is 0 Å². The molecule has 1 unspecified atom stereocenters. The lowest BCUT2D eigenvalue weighted by Gasteiger charge is -2.24. The summed E-state index contributed by atoms with van der Waals surface area (Å²) >= 11 is 3.39. The van der Waals surface area contributed by atoms with E-state index < -0.39 is 12.2 Å². The average Bonchev–Trinajstić information content (AvgIpc) is 2.97. The molecule has 0 saturated heterocycles. The molecule has 6 nitrogen and oxygen atoms in total. The topological polar surface area (TPSA) is 73.8 Å². The van der Waals surface area contributed by atoms with Gasteiger partial charge in [-0.25, -0.2) is 0 Å². The summed E-state index contributed by atoms with van der Waals surface area (Å²) in [5.74, 6) is -0.478. The highest BCUT2D eigenvalue weighted by atomic mass is 79.9. The third kappa shape index (κ3) is 5.72. The fraction of sp³-hybridized carbons (Fsp3) is 0.222. The molecule has 4 rings (SSSR count). The predicted molar refractivity (Wildman–Crippen MR) is 139 cm³/mol. The number of hydrogen-bond donors (Lipinski definition) is 2. The Balaban J connectivity index is 1.48. The predicted octanol–water partition coefficient (Wildman–Crippen LogP) is 3.93. The van der Waals surface area contributed by atoms with E-state index in [9.17, 15) is 9.59 Å². The SMILES string of the molecule is CC(NC(=O)Cc1ccc(Br)cc1)C(=O)N[C@@H]1CN(C)c2ccccc2C(c2ccccc2)=N1. The van der Waals surface area contributed by atoms with Gasteiger partial charge in [0.25, 0.3) is 0 Å². The molecule has 34 heavy (non-hydrogen) atoms. The highest BCUT2D eigenvalue weighted by Gasteiger charge is 2.25. The molecule has 1 aliphatic rings. The van der Waals surface area contributed by atoms with Gasteiger partial charge in [0.1, 0.15) is 12.2 Å². The number of likely N-dealkylation sites (N-methyl/N-ethyl adjacent to an activating group) is 1. The third-order valence-electron chi connectivity index (χ3n) is 5.71. The summed E-state index contributed by atoms with van der Waals surface area (Å²) in [5.41, 5.74) is 4.77. The maximum absolute atomic E-state index is 13.0. The molecule has 3 aromatic rings. The molecule has 7 heteroatoms. The van der Waals surface area contributed by atoms with Crippen molar-refractivity contribution in [2.24, 2.45) is 4.99 Å². The van der Waals surface area contributed by atoms with Crippen LogP contribution in [0.3, 0.4) is 0 Å². The molecule has 0 spiro atoms. The first-order valence-corrected chi connectivity index (χ1v) is 12.0. The Labute approximate surface area is 208 Å². The van der Waals surface area contributed by atoms with Gasteiger partial charge < -0.3 is 15.5 Å². The summed E-state index contributed by atoms with van der Waals surface area (Å²) < 4.78 is 0.954. The lowest BCUT2D eigenvalue weighted by atomic mass is 10.0. The van der Waals surface area contributed by atoms with Gasteiger partial charge in [-0.3, -0.25) is 14.6 Å². The van der Waals surface area contributed by atoms with E-state index in [1.165, 1.54) is 0 Å². The van der Waals surface area contributed by atoms with Gasteiger partial charge in [0, 0.05) is 28.3 Å². The van der Waals surface area contributed by atoms with Gasteiger partial charge in [0.05, 0.1) is 18.7 Å². The Bertz CT molecular complexity index is 1190. The Kier molecular flexibility index (Phi) is 7.43. The molecule has 2 atom stereocenters. The maximum Gasteiger partial charge on any atom is 0.243 e. The van der Waals surface area contributed by atoms with Crippen molar-refractivity contribution in [1.29, 1.82) is 0 Å². The summed E-state index contributed by atoms with van der Waals surface area (Å²) in [7, 11) is 1.99. The van der Waals surface area contributed by atoms with Gasteiger partial charge in [-0.1, -0.05) is 76.6 Å². The standard InChI is InChI=1S/C27H27BrN4O2/c1-18(29-25(33)16-19-12-14-21(28)15-13-19)27(34)31-24-17-32(2)23-11-7-6-10-22(23)26(30-24)20-8-4-3-5-9-20/h3-15,18,24H,16-17H2,1-2H3,(H,29,33)(H,31,34)/t18?,24-/m1/s1. The minimum absolute atomic E-state index is 0.205. The van der Waals surface area contributed by atoms with Gasteiger partial charge in [-0.05, 0) is 30.7 Å². The number of nitrogens with one attached hydrogen (secondary N) is 2. The number of fused-ring (bicyclic) bond motifs is 1. The van der Waals surface area contributed by atoms with Crippen molar-refractivity contribution >= 4 is 39.1 Å². The van der Waals surface area contributed by atoms with Crippen LogP contribution in [0.15, 0.2) is 88.3 Å². The van der Waals surface area contributed by atoms with E-state index in [4.69, 9.17) is 4.99 Å². The van der Waals surface area contributed by atoms with E-state index in [0.29, 0.717) is 6.54 Å². The Morgan fingerprint density at radius 3 is 2.44 bits per heavy atom. The van der Waals surface area contributed by atoms with Crippen LogP contribution in [0.4, 0.5) is 5.69 Å². The normalized spacial score (nSPS) is 16.0. The molecule has 0 fully saturated rings. The number of benzodiazepines with no additional fused rings is 1. The van der Waals surface area contributed by atoms with Gasteiger partial charge >= 0.3 is 0 Å².